The van der Waals surface area contributed by atoms with Crippen LogP contribution in [0.3, 0.4) is 0 Å². The van der Waals surface area contributed by atoms with Crippen LogP contribution in [0.4, 0.5) is 0 Å². The van der Waals surface area contributed by atoms with E-state index in [1.165, 1.54) is 0 Å². The van der Waals surface area contributed by atoms with E-state index < -0.39 is 0 Å². The van der Waals surface area contributed by atoms with Crippen LogP contribution in [0.2, 0.25) is 0 Å². The average Bonchev–Trinajstić information content (AvgIpc) is 2.76. The van der Waals surface area contributed by atoms with Crippen LogP contribution < -0.4 is 0 Å². The summed E-state index contributed by atoms with van der Waals surface area (Å²) in [5, 5.41) is 16.4. The normalized spacial score (nSPS) is 10.5. The minimum Gasteiger partial charge on any atom is -0.388 e. The number of aliphatic hydroxyl groups is 1. The molecule has 0 aliphatic rings. The molecule has 0 amide bonds. The monoisotopic (exact) mass is 196 g/mol. The first kappa shape index (κ1) is 8.33. The van der Waals surface area contributed by atoms with E-state index in [0.29, 0.717) is 12.4 Å². The first-order valence-electron chi connectivity index (χ1n) is 3.75. The molecule has 0 aromatic carbocycles. The van der Waals surface area contributed by atoms with E-state index in [1.54, 1.807) is 33.9 Å². The predicted molar refractivity (Wildman–Crippen MR) is 47.2 cm³/mol. The minimum absolute atomic E-state index is 0.0845. The van der Waals surface area contributed by atoms with Crippen molar-refractivity contribution in [2.45, 2.75) is 13.2 Å². The minimum atomic E-state index is -0.0845. The Morgan fingerprint density at radius 2 is 2.46 bits per heavy atom. The molecule has 2 heterocycles. The Morgan fingerprint density at radius 1 is 1.54 bits per heavy atom. The summed E-state index contributed by atoms with van der Waals surface area (Å²) in [4.78, 5) is 5.08. The van der Waals surface area contributed by atoms with Crippen molar-refractivity contribution in [3.8, 4) is 0 Å². The van der Waals surface area contributed by atoms with E-state index in [1.807, 2.05) is 0 Å². The maximum Gasteiger partial charge on any atom is 0.158 e. The Balaban J connectivity index is 2.18. The Kier molecular flexibility index (Phi) is 2.33. The van der Waals surface area contributed by atoms with Gasteiger partial charge >= 0.3 is 0 Å². The van der Waals surface area contributed by atoms with Crippen molar-refractivity contribution in [3.63, 3.8) is 0 Å². The van der Waals surface area contributed by atoms with E-state index in [-0.39, 0.29) is 6.61 Å². The Labute approximate surface area is 78.7 Å². The Bertz CT molecular complexity index is 370. The van der Waals surface area contributed by atoms with Crippen LogP contribution in [0.1, 0.15) is 10.7 Å². The van der Waals surface area contributed by atoms with E-state index in [2.05, 4.69) is 15.2 Å². The number of aromatic nitrogens is 4. The molecule has 0 aliphatic carbocycles. The van der Waals surface area contributed by atoms with Gasteiger partial charge in [0, 0.05) is 11.1 Å². The van der Waals surface area contributed by atoms with Gasteiger partial charge in [0.1, 0.15) is 12.9 Å². The van der Waals surface area contributed by atoms with Crippen molar-refractivity contribution in [3.05, 3.63) is 28.7 Å². The van der Waals surface area contributed by atoms with Gasteiger partial charge in [0.05, 0.1) is 12.1 Å². The van der Waals surface area contributed by atoms with Gasteiger partial charge in [0.15, 0.2) is 5.82 Å². The number of rotatable bonds is 3. The van der Waals surface area contributed by atoms with Gasteiger partial charge < -0.3 is 9.67 Å². The van der Waals surface area contributed by atoms with Crippen LogP contribution in [0.5, 0.6) is 0 Å². The summed E-state index contributed by atoms with van der Waals surface area (Å²) in [7, 11) is 0. The van der Waals surface area contributed by atoms with Gasteiger partial charge in [-0.05, 0) is 0 Å². The molecule has 2 rings (SSSR count). The van der Waals surface area contributed by atoms with E-state index in [4.69, 9.17) is 5.11 Å². The highest BCUT2D eigenvalue weighted by Gasteiger charge is 2.03. The highest BCUT2D eigenvalue weighted by molar-refractivity contribution is 7.09. The standard InChI is InChI=1S/C7H8N4OS/c12-3-7-10-9-4-11(7)2-6-1-8-5-13-6/h1,4-5,12H,2-3H2. The quantitative estimate of drug-likeness (QED) is 0.765. The lowest BCUT2D eigenvalue weighted by Crippen LogP contribution is -2.02. The second-order valence-electron chi connectivity index (χ2n) is 2.50. The fourth-order valence-electron chi connectivity index (χ4n) is 1.02. The molecule has 2 aromatic heterocycles. The summed E-state index contributed by atoms with van der Waals surface area (Å²) in [6.07, 6.45) is 3.40. The lowest BCUT2D eigenvalue weighted by atomic mass is 10.5. The van der Waals surface area contributed by atoms with Crippen molar-refractivity contribution < 1.29 is 5.11 Å². The molecule has 0 saturated heterocycles. The summed E-state index contributed by atoms with van der Waals surface area (Å²) in [5.41, 5.74) is 1.78. The third-order valence-electron chi connectivity index (χ3n) is 1.65. The number of aliphatic hydroxyl groups excluding tert-OH is 1. The molecule has 0 radical (unpaired) electrons. The maximum atomic E-state index is 8.90. The van der Waals surface area contributed by atoms with Crippen molar-refractivity contribution >= 4 is 11.3 Å². The van der Waals surface area contributed by atoms with E-state index in [9.17, 15) is 0 Å². The molecule has 6 heteroatoms. The number of hydrogen-bond donors (Lipinski definition) is 1. The van der Waals surface area contributed by atoms with Crippen LogP contribution in [0, 0.1) is 0 Å². The van der Waals surface area contributed by atoms with Crippen LogP contribution in [-0.2, 0) is 13.2 Å². The number of thiazole rings is 1. The van der Waals surface area contributed by atoms with Gasteiger partial charge in [-0.2, -0.15) is 0 Å². The van der Waals surface area contributed by atoms with Crippen LogP contribution in [0.25, 0.3) is 0 Å². The topological polar surface area (TPSA) is 63.8 Å². The van der Waals surface area contributed by atoms with Crippen molar-refractivity contribution in [2.75, 3.05) is 0 Å². The first-order valence-corrected chi connectivity index (χ1v) is 4.63. The fraction of sp³-hybridized carbons (Fsp3) is 0.286. The molecule has 0 aliphatic heterocycles. The number of nitrogens with zero attached hydrogens (tertiary/aromatic N) is 4. The third-order valence-corrected chi connectivity index (χ3v) is 2.41. The zero-order valence-corrected chi connectivity index (χ0v) is 7.61. The average molecular weight is 196 g/mol. The van der Waals surface area contributed by atoms with Crippen molar-refractivity contribution in [2.24, 2.45) is 0 Å². The van der Waals surface area contributed by atoms with Crippen LogP contribution in [0.15, 0.2) is 18.0 Å². The first-order chi connectivity index (χ1) is 6.40. The van der Waals surface area contributed by atoms with Gasteiger partial charge in [0.25, 0.3) is 0 Å². The van der Waals surface area contributed by atoms with E-state index >= 15 is 0 Å². The fourth-order valence-corrected chi connectivity index (χ4v) is 1.61. The Morgan fingerprint density at radius 3 is 3.15 bits per heavy atom. The van der Waals surface area contributed by atoms with Crippen molar-refractivity contribution in [1.82, 2.24) is 19.7 Å². The smallest absolute Gasteiger partial charge is 0.158 e. The lowest BCUT2D eigenvalue weighted by molar-refractivity contribution is 0.265. The zero-order chi connectivity index (χ0) is 9.10. The molecular formula is C7H8N4OS. The summed E-state index contributed by atoms with van der Waals surface area (Å²) in [6.45, 7) is 0.590. The third kappa shape index (κ3) is 1.73. The molecule has 5 nitrogen and oxygen atoms in total. The summed E-state index contributed by atoms with van der Waals surface area (Å²) in [6, 6.07) is 0. The highest BCUT2D eigenvalue weighted by Crippen LogP contribution is 2.08. The zero-order valence-electron chi connectivity index (χ0n) is 6.79. The Hall–Kier alpha value is -1.27. The molecule has 0 bridgehead atoms. The van der Waals surface area contributed by atoms with Gasteiger partial charge in [-0.3, -0.25) is 4.98 Å². The SMILES string of the molecule is OCc1nncn1Cc1cncs1. The second-order valence-corrected chi connectivity index (χ2v) is 3.47. The number of hydrogen-bond acceptors (Lipinski definition) is 5. The second kappa shape index (κ2) is 3.63. The molecular weight excluding hydrogens is 188 g/mol. The maximum absolute atomic E-state index is 8.90. The molecule has 1 N–H and O–H groups in total. The molecule has 0 unspecified atom stereocenters. The van der Waals surface area contributed by atoms with Gasteiger partial charge in [-0.15, -0.1) is 21.5 Å². The van der Waals surface area contributed by atoms with Gasteiger partial charge in [-0.25, -0.2) is 0 Å². The van der Waals surface area contributed by atoms with Crippen LogP contribution in [-0.4, -0.2) is 24.9 Å². The summed E-state index contributed by atoms with van der Waals surface area (Å²) >= 11 is 1.57. The molecule has 0 fully saturated rings. The molecule has 0 atom stereocenters. The van der Waals surface area contributed by atoms with Gasteiger partial charge in [-0.1, -0.05) is 0 Å². The molecule has 0 spiro atoms. The molecule has 68 valence electrons. The lowest BCUT2D eigenvalue weighted by Gasteiger charge is -2.00. The molecule has 13 heavy (non-hydrogen) atoms. The molecule has 0 saturated carbocycles. The predicted octanol–water partition coefficient (Wildman–Crippen LogP) is 0.275. The van der Waals surface area contributed by atoms with E-state index in [0.717, 1.165) is 4.88 Å². The highest BCUT2D eigenvalue weighted by atomic mass is 32.1. The van der Waals surface area contributed by atoms with Gasteiger partial charge in [0.2, 0.25) is 0 Å². The molecule has 2 aromatic rings. The van der Waals surface area contributed by atoms with Crippen LogP contribution >= 0.6 is 11.3 Å². The van der Waals surface area contributed by atoms with Crippen molar-refractivity contribution in [1.29, 1.82) is 0 Å². The summed E-state index contributed by atoms with van der Waals surface area (Å²) < 4.78 is 1.80. The largest absolute Gasteiger partial charge is 0.388 e. The summed E-state index contributed by atoms with van der Waals surface area (Å²) in [5.74, 6) is 0.577.